The summed E-state index contributed by atoms with van der Waals surface area (Å²) in [6, 6.07) is 13.6. The van der Waals surface area contributed by atoms with Crippen LogP contribution in [0.5, 0.6) is 0 Å². The van der Waals surface area contributed by atoms with Crippen LogP contribution in [-0.2, 0) is 4.74 Å². The Hall–Kier alpha value is -4.76. The topological polar surface area (TPSA) is 119 Å². The molecule has 0 spiro atoms. The van der Waals surface area contributed by atoms with Crippen LogP contribution in [0, 0.1) is 24.1 Å². The minimum Gasteiger partial charge on any atom is -0.370 e. The van der Waals surface area contributed by atoms with Crippen molar-refractivity contribution >= 4 is 22.5 Å². The zero-order valence-electron chi connectivity index (χ0n) is 19.5. The van der Waals surface area contributed by atoms with Crippen LogP contribution in [0.3, 0.4) is 0 Å². The van der Waals surface area contributed by atoms with Gasteiger partial charge in [-0.1, -0.05) is 0 Å². The third kappa shape index (κ3) is 4.15. The standard InChI is InChI=1S/C25H19F2N9O/c1-14-7-16(11-28)34-36(14)25-17(22-8-15(26)12-37-22)4-5-24(32-25)35-13-29-20-9-18(27)19(10-21(20)35)31-23-3-2-6-30-33-23/h2-7,9-10,13,15,22H,8,12H2,1H3,(H,31,33)/t15-,22-/m1/s1. The highest BCUT2D eigenvalue weighted by Gasteiger charge is 2.30. The highest BCUT2D eigenvalue weighted by molar-refractivity contribution is 5.82. The molecule has 0 unspecified atom stereocenters. The summed E-state index contributed by atoms with van der Waals surface area (Å²) in [6.45, 7) is 1.81. The monoisotopic (exact) mass is 499 g/mol. The Labute approximate surface area is 209 Å². The van der Waals surface area contributed by atoms with Gasteiger partial charge in [0.1, 0.15) is 30.2 Å². The summed E-state index contributed by atoms with van der Waals surface area (Å²) in [7, 11) is 0. The number of aryl methyl sites for hydroxylation is 1. The molecule has 1 aliphatic rings. The molecule has 4 aromatic heterocycles. The van der Waals surface area contributed by atoms with E-state index in [-0.39, 0.29) is 24.4 Å². The third-order valence-corrected chi connectivity index (χ3v) is 6.11. The van der Waals surface area contributed by atoms with Gasteiger partial charge in [0.05, 0.1) is 29.4 Å². The molecule has 1 saturated heterocycles. The molecule has 0 saturated carbocycles. The maximum atomic E-state index is 14.8. The van der Waals surface area contributed by atoms with E-state index in [4.69, 9.17) is 9.72 Å². The van der Waals surface area contributed by atoms with Gasteiger partial charge in [-0.15, -0.1) is 5.10 Å². The second-order valence-corrected chi connectivity index (χ2v) is 8.60. The van der Waals surface area contributed by atoms with Crippen molar-refractivity contribution < 1.29 is 13.5 Å². The van der Waals surface area contributed by atoms with Crippen molar-refractivity contribution in [3.63, 3.8) is 0 Å². The second kappa shape index (κ2) is 9.03. The minimum absolute atomic E-state index is 0.00663. The minimum atomic E-state index is -1.07. The number of hydrogen-bond acceptors (Lipinski definition) is 8. The van der Waals surface area contributed by atoms with Crippen molar-refractivity contribution in [1.82, 2.24) is 34.5 Å². The fourth-order valence-electron chi connectivity index (χ4n) is 4.37. The molecule has 1 aromatic carbocycles. The largest absolute Gasteiger partial charge is 0.370 e. The molecule has 184 valence electrons. The summed E-state index contributed by atoms with van der Waals surface area (Å²) in [6.07, 6.45) is 1.69. The van der Waals surface area contributed by atoms with E-state index < -0.39 is 18.1 Å². The third-order valence-electron chi connectivity index (χ3n) is 6.11. The smallest absolute Gasteiger partial charge is 0.163 e. The lowest BCUT2D eigenvalue weighted by Crippen LogP contribution is -2.12. The van der Waals surface area contributed by atoms with Gasteiger partial charge in [0.25, 0.3) is 0 Å². The van der Waals surface area contributed by atoms with E-state index in [2.05, 4.69) is 25.6 Å². The molecule has 12 heteroatoms. The average molecular weight is 499 g/mol. The molecule has 0 bridgehead atoms. The highest BCUT2D eigenvalue weighted by Crippen LogP contribution is 2.35. The number of nitriles is 1. The second-order valence-electron chi connectivity index (χ2n) is 8.60. The molecule has 37 heavy (non-hydrogen) atoms. The van der Waals surface area contributed by atoms with E-state index in [9.17, 15) is 14.0 Å². The van der Waals surface area contributed by atoms with Crippen LogP contribution in [0.1, 0.15) is 29.5 Å². The number of benzene rings is 1. The molecule has 2 atom stereocenters. The van der Waals surface area contributed by atoms with Crippen LogP contribution < -0.4 is 5.32 Å². The summed E-state index contributed by atoms with van der Waals surface area (Å²) in [5, 5.41) is 24.4. The predicted octanol–water partition coefficient (Wildman–Crippen LogP) is 4.26. The first-order valence-corrected chi connectivity index (χ1v) is 11.5. The van der Waals surface area contributed by atoms with Crippen LogP contribution >= 0.6 is 0 Å². The lowest BCUT2D eigenvalue weighted by atomic mass is 10.1. The lowest BCUT2D eigenvalue weighted by Gasteiger charge is -2.17. The molecule has 10 nitrogen and oxygen atoms in total. The summed E-state index contributed by atoms with van der Waals surface area (Å²) in [4.78, 5) is 9.16. The summed E-state index contributed by atoms with van der Waals surface area (Å²) in [5.41, 5.74) is 2.78. The Morgan fingerprint density at radius 1 is 1.22 bits per heavy atom. The number of fused-ring (bicyclic) bond motifs is 1. The Morgan fingerprint density at radius 2 is 2.11 bits per heavy atom. The fourth-order valence-corrected chi connectivity index (χ4v) is 4.37. The summed E-state index contributed by atoms with van der Waals surface area (Å²) < 4.78 is 37.7. The Morgan fingerprint density at radius 3 is 2.84 bits per heavy atom. The quantitative estimate of drug-likeness (QED) is 0.381. The van der Waals surface area contributed by atoms with Gasteiger partial charge in [-0.05, 0) is 43.3 Å². The molecule has 0 amide bonds. The van der Waals surface area contributed by atoms with Gasteiger partial charge < -0.3 is 10.1 Å². The van der Waals surface area contributed by atoms with Crippen LogP contribution in [-0.4, -0.2) is 47.3 Å². The highest BCUT2D eigenvalue weighted by atomic mass is 19.1. The van der Waals surface area contributed by atoms with E-state index >= 15 is 0 Å². The van der Waals surface area contributed by atoms with Crippen molar-refractivity contribution in [1.29, 1.82) is 5.26 Å². The van der Waals surface area contributed by atoms with Crippen LogP contribution in [0.4, 0.5) is 20.3 Å². The number of pyridine rings is 1. The number of hydrogen-bond donors (Lipinski definition) is 1. The Balaban J connectivity index is 1.47. The van der Waals surface area contributed by atoms with E-state index in [0.717, 1.165) is 0 Å². The fraction of sp³-hybridized carbons (Fsp3) is 0.200. The molecule has 0 aliphatic carbocycles. The van der Waals surface area contributed by atoms with Crippen LogP contribution in [0.25, 0.3) is 22.7 Å². The van der Waals surface area contributed by atoms with Gasteiger partial charge >= 0.3 is 0 Å². The molecule has 1 fully saturated rings. The zero-order chi connectivity index (χ0) is 25.5. The molecule has 6 rings (SSSR count). The van der Waals surface area contributed by atoms with E-state index in [1.165, 1.54) is 12.3 Å². The number of halogens is 2. The van der Waals surface area contributed by atoms with Gasteiger partial charge in [0, 0.05) is 29.9 Å². The zero-order valence-corrected chi connectivity index (χ0v) is 19.5. The molecular formula is C25H19F2N9O. The van der Waals surface area contributed by atoms with Crippen molar-refractivity contribution in [2.45, 2.75) is 25.6 Å². The van der Waals surface area contributed by atoms with E-state index in [1.54, 1.807) is 52.8 Å². The first-order chi connectivity index (χ1) is 18.0. The van der Waals surface area contributed by atoms with Gasteiger partial charge in [-0.25, -0.2) is 23.4 Å². The molecule has 0 radical (unpaired) electrons. The molecular weight excluding hydrogens is 480 g/mol. The number of anilines is 2. The SMILES string of the molecule is Cc1cc(C#N)nn1-c1nc(-n2cnc3cc(F)c(Nc4cccnn4)cc32)ccc1[C@H]1C[C@@H](F)CO1. The maximum absolute atomic E-state index is 14.8. The summed E-state index contributed by atoms with van der Waals surface area (Å²) >= 11 is 0. The molecule has 5 heterocycles. The van der Waals surface area contributed by atoms with Gasteiger partial charge in [0.15, 0.2) is 17.3 Å². The number of nitrogens with one attached hydrogen (secondary N) is 1. The Bertz CT molecular complexity index is 1660. The lowest BCUT2D eigenvalue weighted by molar-refractivity contribution is 0.103. The van der Waals surface area contributed by atoms with Crippen molar-refractivity contribution in [3.8, 4) is 17.7 Å². The van der Waals surface area contributed by atoms with Gasteiger partial charge in [0.2, 0.25) is 0 Å². The molecule has 1 aliphatic heterocycles. The molecule has 5 aromatic rings. The van der Waals surface area contributed by atoms with Crippen LogP contribution in [0.2, 0.25) is 0 Å². The normalized spacial score (nSPS) is 17.2. The van der Waals surface area contributed by atoms with Crippen molar-refractivity contribution in [3.05, 3.63) is 77.8 Å². The number of rotatable bonds is 5. The summed E-state index contributed by atoms with van der Waals surface area (Å²) in [5.74, 6) is 0.781. The van der Waals surface area contributed by atoms with E-state index in [1.807, 2.05) is 12.1 Å². The predicted molar refractivity (Wildman–Crippen MR) is 129 cm³/mol. The number of alkyl halides is 1. The number of nitrogens with zero attached hydrogens (tertiary/aromatic N) is 8. The number of aromatic nitrogens is 7. The van der Waals surface area contributed by atoms with Gasteiger partial charge in [-0.3, -0.25) is 4.57 Å². The number of ether oxygens (including phenoxy) is 1. The average Bonchev–Trinajstić information content (AvgIpc) is 3.62. The van der Waals surface area contributed by atoms with Crippen molar-refractivity contribution in [2.24, 2.45) is 0 Å². The van der Waals surface area contributed by atoms with Crippen molar-refractivity contribution in [2.75, 3.05) is 11.9 Å². The number of imidazole rings is 1. The van der Waals surface area contributed by atoms with Crippen LogP contribution in [0.15, 0.2) is 55.0 Å². The first-order valence-electron chi connectivity index (χ1n) is 11.5. The maximum Gasteiger partial charge on any atom is 0.163 e. The van der Waals surface area contributed by atoms with E-state index in [0.29, 0.717) is 39.7 Å². The Kier molecular flexibility index (Phi) is 5.54. The first kappa shape index (κ1) is 22.7. The van der Waals surface area contributed by atoms with Gasteiger partial charge in [-0.2, -0.15) is 15.5 Å². The molecule has 1 N–H and O–H groups in total.